The molecule has 7 nitrogen and oxygen atoms in total. The lowest BCUT2D eigenvalue weighted by Gasteiger charge is -2.23. The van der Waals surface area contributed by atoms with Crippen LogP contribution >= 0.6 is 0 Å². The SMILES string of the molecule is CO.COC(=O)C1=CC(C)=N/C(=C/N)N1N. The monoisotopic (exact) mass is 228 g/mol. The maximum atomic E-state index is 11.2. The number of allylic oxidation sites excluding steroid dienone is 1. The number of aliphatic imine (C=N–C) groups is 1. The van der Waals surface area contributed by atoms with Crippen LogP contribution in [-0.2, 0) is 9.53 Å². The average Bonchev–Trinajstić information content (AvgIpc) is 2.33. The molecule has 0 aromatic rings. The van der Waals surface area contributed by atoms with E-state index >= 15 is 0 Å². The van der Waals surface area contributed by atoms with Gasteiger partial charge in [0.05, 0.1) is 7.11 Å². The quantitative estimate of drug-likeness (QED) is 0.394. The van der Waals surface area contributed by atoms with Gasteiger partial charge in [-0.3, -0.25) is 5.01 Å². The second kappa shape index (κ2) is 6.59. The average molecular weight is 228 g/mol. The predicted molar refractivity (Wildman–Crippen MR) is 59.6 cm³/mol. The zero-order valence-corrected chi connectivity index (χ0v) is 9.47. The van der Waals surface area contributed by atoms with Crippen LogP contribution in [0.1, 0.15) is 6.92 Å². The number of ether oxygens (including phenoxy) is 1. The predicted octanol–water partition coefficient (Wildman–Crippen LogP) is -0.940. The Morgan fingerprint density at radius 2 is 2.19 bits per heavy atom. The van der Waals surface area contributed by atoms with Gasteiger partial charge in [-0.15, -0.1) is 0 Å². The summed E-state index contributed by atoms with van der Waals surface area (Å²) < 4.78 is 4.55. The molecule has 0 amide bonds. The summed E-state index contributed by atoms with van der Waals surface area (Å²) in [6.07, 6.45) is 2.75. The van der Waals surface area contributed by atoms with Crippen LogP contribution in [0.4, 0.5) is 0 Å². The van der Waals surface area contributed by atoms with Gasteiger partial charge >= 0.3 is 5.97 Å². The molecule has 0 spiro atoms. The molecule has 0 saturated heterocycles. The summed E-state index contributed by atoms with van der Waals surface area (Å²) in [6.45, 7) is 1.74. The molecular weight excluding hydrogens is 212 g/mol. The van der Waals surface area contributed by atoms with Gasteiger partial charge in [-0.1, -0.05) is 0 Å². The molecule has 0 atom stereocenters. The van der Waals surface area contributed by atoms with Gasteiger partial charge in [0.1, 0.15) is 5.70 Å². The highest BCUT2D eigenvalue weighted by atomic mass is 16.5. The van der Waals surface area contributed by atoms with Crippen LogP contribution in [0.15, 0.2) is 28.8 Å². The van der Waals surface area contributed by atoms with Crippen molar-refractivity contribution in [1.82, 2.24) is 5.01 Å². The number of esters is 1. The largest absolute Gasteiger partial charge is 0.464 e. The Bertz CT molecular complexity index is 347. The first-order valence-corrected chi connectivity index (χ1v) is 4.37. The van der Waals surface area contributed by atoms with Crippen LogP contribution in [0.3, 0.4) is 0 Å². The summed E-state index contributed by atoms with van der Waals surface area (Å²) >= 11 is 0. The highest BCUT2D eigenvalue weighted by Gasteiger charge is 2.22. The number of nitrogens with zero attached hydrogens (tertiary/aromatic N) is 2. The van der Waals surface area contributed by atoms with E-state index in [1.165, 1.54) is 19.4 Å². The number of aliphatic hydroxyl groups is 1. The molecule has 0 saturated carbocycles. The van der Waals surface area contributed by atoms with E-state index in [2.05, 4.69) is 9.73 Å². The summed E-state index contributed by atoms with van der Waals surface area (Å²) in [4.78, 5) is 15.3. The van der Waals surface area contributed by atoms with Gasteiger partial charge in [-0.2, -0.15) is 0 Å². The van der Waals surface area contributed by atoms with E-state index < -0.39 is 5.97 Å². The Morgan fingerprint density at radius 3 is 2.62 bits per heavy atom. The molecular formula is C9H16N4O3. The molecule has 1 aliphatic heterocycles. The minimum absolute atomic E-state index is 0.205. The van der Waals surface area contributed by atoms with Crippen LogP contribution in [0.25, 0.3) is 0 Å². The lowest BCUT2D eigenvalue weighted by molar-refractivity contribution is -0.137. The van der Waals surface area contributed by atoms with Crippen molar-refractivity contribution in [3.8, 4) is 0 Å². The first-order chi connectivity index (χ1) is 7.60. The third-order valence-corrected chi connectivity index (χ3v) is 1.69. The molecule has 1 rings (SSSR count). The fourth-order valence-electron chi connectivity index (χ4n) is 1.04. The number of nitrogens with two attached hydrogens (primary N) is 2. The van der Waals surface area contributed by atoms with Gasteiger partial charge in [0, 0.05) is 19.0 Å². The molecule has 0 bridgehead atoms. The number of carbonyl (C=O) groups is 1. The van der Waals surface area contributed by atoms with Crippen LogP contribution in [-0.4, -0.2) is 36.0 Å². The number of rotatable bonds is 1. The van der Waals surface area contributed by atoms with E-state index in [0.29, 0.717) is 11.5 Å². The third kappa shape index (κ3) is 3.07. The second-order valence-electron chi connectivity index (χ2n) is 2.67. The van der Waals surface area contributed by atoms with Crippen LogP contribution in [0.2, 0.25) is 0 Å². The smallest absolute Gasteiger partial charge is 0.356 e. The van der Waals surface area contributed by atoms with Gasteiger partial charge < -0.3 is 15.6 Å². The summed E-state index contributed by atoms with van der Waals surface area (Å²) in [5.41, 5.74) is 6.14. The van der Waals surface area contributed by atoms with Crippen LogP contribution in [0.5, 0.6) is 0 Å². The van der Waals surface area contributed by atoms with Crippen molar-refractivity contribution in [2.75, 3.05) is 14.2 Å². The normalized spacial score (nSPS) is 17.1. The number of hydrazine groups is 1. The highest BCUT2D eigenvalue weighted by molar-refractivity contribution is 6.02. The standard InChI is InChI=1S/C8H12N4O2.CH4O/c1-5-3-6(8(13)14-2)12(10)7(4-9)11-5;1-2/h3-4H,9-10H2,1-2H3;2H,1H3/b7-4-;. The highest BCUT2D eigenvalue weighted by Crippen LogP contribution is 2.15. The van der Waals surface area contributed by atoms with Crippen molar-refractivity contribution >= 4 is 11.7 Å². The van der Waals surface area contributed by atoms with Crippen molar-refractivity contribution < 1.29 is 14.6 Å². The number of hydrogen-bond donors (Lipinski definition) is 3. The van der Waals surface area contributed by atoms with Crippen molar-refractivity contribution in [1.29, 1.82) is 0 Å². The van der Waals surface area contributed by atoms with Gasteiger partial charge in [0.25, 0.3) is 0 Å². The Kier molecular flexibility index (Phi) is 5.83. The molecule has 5 N–H and O–H groups in total. The minimum atomic E-state index is -0.527. The van der Waals surface area contributed by atoms with Crippen molar-refractivity contribution in [2.45, 2.75) is 6.92 Å². The molecule has 0 aromatic carbocycles. The van der Waals surface area contributed by atoms with Crippen molar-refractivity contribution in [3.63, 3.8) is 0 Å². The fraction of sp³-hybridized carbons (Fsp3) is 0.333. The number of aliphatic hydroxyl groups excluding tert-OH is 1. The molecule has 0 radical (unpaired) electrons. The Labute approximate surface area is 93.7 Å². The Balaban J connectivity index is 0.00000106. The summed E-state index contributed by atoms with van der Waals surface area (Å²) in [7, 11) is 2.28. The fourth-order valence-corrected chi connectivity index (χ4v) is 1.04. The maximum absolute atomic E-state index is 11.2. The van der Waals surface area contributed by atoms with E-state index in [4.69, 9.17) is 16.7 Å². The van der Waals surface area contributed by atoms with Gasteiger partial charge in [0.15, 0.2) is 5.82 Å². The first kappa shape index (κ1) is 14.1. The molecule has 0 unspecified atom stereocenters. The zero-order chi connectivity index (χ0) is 12.7. The van der Waals surface area contributed by atoms with Crippen LogP contribution < -0.4 is 11.6 Å². The number of methoxy groups -OCH3 is 1. The summed E-state index contributed by atoms with van der Waals surface area (Å²) in [5, 5.41) is 8.08. The Hall–Kier alpha value is -1.86. The second-order valence-corrected chi connectivity index (χ2v) is 2.67. The van der Waals surface area contributed by atoms with Gasteiger partial charge in [0.2, 0.25) is 0 Å². The molecule has 0 aromatic heterocycles. The molecule has 90 valence electrons. The molecule has 1 aliphatic rings. The van der Waals surface area contributed by atoms with E-state index in [1.807, 2.05) is 0 Å². The zero-order valence-electron chi connectivity index (χ0n) is 9.47. The lowest BCUT2D eigenvalue weighted by Crippen LogP contribution is -2.36. The van der Waals surface area contributed by atoms with E-state index in [9.17, 15) is 4.79 Å². The Morgan fingerprint density at radius 1 is 1.62 bits per heavy atom. The van der Waals surface area contributed by atoms with Gasteiger partial charge in [-0.25, -0.2) is 15.6 Å². The summed E-state index contributed by atoms with van der Waals surface area (Å²) in [5.74, 6) is 5.37. The molecule has 0 fully saturated rings. The van der Waals surface area contributed by atoms with E-state index in [-0.39, 0.29) is 5.70 Å². The maximum Gasteiger partial charge on any atom is 0.356 e. The van der Waals surface area contributed by atoms with Crippen LogP contribution in [0, 0.1) is 0 Å². The van der Waals surface area contributed by atoms with E-state index in [0.717, 1.165) is 12.1 Å². The number of hydrogen-bond acceptors (Lipinski definition) is 7. The molecule has 0 aliphatic carbocycles. The topological polar surface area (TPSA) is 114 Å². The molecule has 1 heterocycles. The number of carbonyl (C=O) groups excluding carboxylic acids is 1. The van der Waals surface area contributed by atoms with Crippen molar-refractivity contribution in [3.05, 3.63) is 23.8 Å². The minimum Gasteiger partial charge on any atom is -0.464 e. The molecule has 16 heavy (non-hydrogen) atoms. The van der Waals surface area contributed by atoms with Gasteiger partial charge in [-0.05, 0) is 13.0 Å². The molecule has 7 heteroatoms. The third-order valence-electron chi connectivity index (χ3n) is 1.69. The lowest BCUT2D eigenvalue weighted by atomic mass is 10.2. The first-order valence-electron chi connectivity index (χ1n) is 4.37. The van der Waals surface area contributed by atoms with Crippen molar-refractivity contribution in [2.24, 2.45) is 16.6 Å². The van der Waals surface area contributed by atoms with E-state index in [1.54, 1.807) is 6.92 Å². The summed E-state index contributed by atoms with van der Waals surface area (Å²) in [6, 6.07) is 0.